The van der Waals surface area contributed by atoms with Gasteiger partial charge in [-0.2, -0.15) is 10.1 Å². The topological polar surface area (TPSA) is 118 Å². The Morgan fingerprint density at radius 3 is 2.38 bits per heavy atom. The van der Waals surface area contributed by atoms with Crippen LogP contribution in [0.25, 0.3) is 0 Å². The van der Waals surface area contributed by atoms with Crippen molar-refractivity contribution in [3.05, 3.63) is 71.8 Å². The number of nitrogens with one attached hydrogen (secondary N) is 1. The number of ether oxygens (including phenoxy) is 2. The Hall–Kier alpha value is -3.37. The summed E-state index contributed by atoms with van der Waals surface area (Å²) in [5.74, 6) is -0.987. The smallest absolute Gasteiger partial charge is 0.465 e. The number of hydrogen-bond acceptors (Lipinski definition) is 8. The van der Waals surface area contributed by atoms with E-state index < -0.39 is 35.7 Å². The molecule has 0 saturated carbocycles. The number of rotatable bonds is 10. The fraction of sp³-hybridized carbons (Fsp3) is 0.333. The summed E-state index contributed by atoms with van der Waals surface area (Å²) in [4.78, 5) is 37.0. The Kier molecular flexibility index (Phi) is 9.06. The molecule has 0 saturated heterocycles. The monoisotopic (exact) mass is 485 g/mol. The van der Waals surface area contributed by atoms with Gasteiger partial charge >= 0.3 is 12.1 Å². The number of aryl methyl sites for hydroxylation is 1. The molecule has 34 heavy (non-hydrogen) atoms. The van der Waals surface area contributed by atoms with Gasteiger partial charge in [0.05, 0.1) is 12.6 Å². The van der Waals surface area contributed by atoms with Crippen LogP contribution in [0.3, 0.4) is 0 Å². The molecule has 180 valence electrons. The number of esters is 1. The Bertz CT molecular complexity index is 1020. The molecule has 3 rings (SSSR count). The summed E-state index contributed by atoms with van der Waals surface area (Å²) in [5, 5.41) is 17.9. The van der Waals surface area contributed by atoms with E-state index >= 15 is 0 Å². The zero-order valence-electron chi connectivity index (χ0n) is 18.9. The lowest BCUT2D eigenvalue weighted by molar-refractivity contribution is -0.147. The average Bonchev–Trinajstić information content (AvgIpc) is 3.25. The molecule has 0 unspecified atom stereocenters. The number of carbonyl (C=O) groups is 3. The van der Waals surface area contributed by atoms with Crippen LogP contribution in [0.5, 0.6) is 0 Å². The van der Waals surface area contributed by atoms with E-state index in [1.807, 2.05) is 48.5 Å². The van der Waals surface area contributed by atoms with Crippen LogP contribution in [0.2, 0.25) is 0 Å². The van der Waals surface area contributed by atoms with Gasteiger partial charge in [-0.05, 0) is 44.0 Å². The van der Waals surface area contributed by atoms with E-state index in [-0.39, 0.29) is 6.61 Å². The zero-order valence-corrected chi connectivity index (χ0v) is 19.7. The van der Waals surface area contributed by atoms with Crippen LogP contribution in [0, 0.1) is 0 Å². The molecular formula is C24H27N3O6S. The highest BCUT2D eigenvalue weighted by Gasteiger charge is 2.38. The van der Waals surface area contributed by atoms with Crippen molar-refractivity contribution in [3.63, 3.8) is 0 Å². The van der Waals surface area contributed by atoms with Crippen LogP contribution in [-0.4, -0.2) is 57.4 Å². The first-order valence-corrected chi connectivity index (χ1v) is 11.8. The van der Waals surface area contributed by atoms with Crippen LogP contribution in [0.1, 0.15) is 31.4 Å². The van der Waals surface area contributed by atoms with Crippen molar-refractivity contribution >= 4 is 34.8 Å². The van der Waals surface area contributed by atoms with Crippen molar-refractivity contribution in [2.45, 2.75) is 44.3 Å². The van der Waals surface area contributed by atoms with Crippen molar-refractivity contribution < 1.29 is 29.0 Å². The van der Waals surface area contributed by atoms with Crippen LogP contribution < -0.4 is 5.32 Å². The summed E-state index contributed by atoms with van der Waals surface area (Å²) in [7, 11) is 0. The summed E-state index contributed by atoms with van der Waals surface area (Å²) >= 11 is 1.02. The molecule has 2 N–H and O–H groups in total. The molecule has 1 aliphatic rings. The molecule has 3 atom stereocenters. The van der Waals surface area contributed by atoms with Crippen molar-refractivity contribution in [2.75, 3.05) is 6.61 Å². The van der Waals surface area contributed by atoms with Crippen LogP contribution in [0.15, 0.2) is 65.8 Å². The van der Waals surface area contributed by atoms with Gasteiger partial charge in [-0.15, -0.1) is 0 Å². The third-order valence-corrected chi connectivity index (χ3v) is 6.05. The molecule has 9 nitrogen and oxygen atoms in total. The van der Waals surface area contributed by atoms with Gasteiger partial charge in [-0.1, -0.05) is 60.7 Å². The first kappa shape index (κ1) is 25.3. The molecule has 0 bridgehead atoms. The highest BCUT2D eigenvalue weighted by Crippen LogP contribution is 2.31. The van der Waals surface area contributed by atoms with Gasteiger partial charge in [0.15, 0.2) is 0 Å². The van der Waals surface area contributed by atoms with E-state index in [0.717, 1.165) is 27.9 Å². The van der Waals surface area contributed by atoms with E-state index in [2.05, 4.69) is 10.4 Å². The maximum atomic E-state index is 13.2. The standard InChI is InChI=1S/C24H27N3O6S/c1-3-32-22(29)19(15-14-17-10-6-4-7-11-17)25-16(2)21(28)27-23(33-24(30)31)34-20(26-27)18-12-8-5-9-13-18/h4-13,16,19,23,25H,3,14-15H2,1-2H3,(H,30,31)/t16-,19-,23-/m0/s1. The molecule has 10 heteroatoms. The summed E-state index contributed by atoms with van der Waals surface area (Å²) in [6.07, 6.45) is -0.491. The van der Waals surface area contributed by atoms with Gasteiger partial charge < -0.3 is 14.6 Å². The second kappa shape index (κ2) is 12.2. The SMILES string of the molecule is CCOC(=O)[C@H](CCc1ccccc1)N[C@@H](C)C(=O)N1N=C(c2ccccc2)S[C@@H]1OC(=O)O. The van der Waals surface area contributed by atoms with E-state index in [4.69, 9.17) is 14.6 Å². The summed E-state index contributed by atoms with van der Waals surface area (Å²) in [6.45, 7) is 3.53. The lowest BCUT2D eigenvalue weighted by atomic mass is 10.0. The molecule has 2 aromatic rings. The lowest BCUT2D eigenvalue weighted by Gasteiger charge is -2.25. The number of nitrogens with zero attached hydrogens (tertiary/aromatic N) is 2. The third-order valence-electron chi connectivity index (χ3n) is 5.02. The minimum Gasteiger partial charge on any atom is -0.465 e. The predicted octanol–water partition coefficient (Wildman–Crippen LogP) is 3.44. The number of benzene rings is 2. The zero-order chi connectivity index (χ0) is 24.5. The second-order valence-electron chi connectivity index (χ2n) is 7.48. The highest BCUT2D eigenvalue weighted by molar-refractivity contribution is 8.15. The summed E-state index contributed by atoms with van der Waals surface area (Å²) < 4.78 is 10.1. The Morgan fingerprint density at radius 2 is 1.76 bits per heavy atom. The van der Waals surface area contributed by atoms with E-state index in [1.54, 1.807) is 26.0 Å². The lowest BCUT2D eigenvalue weighted by Crippen LogP contribution is -2.51. The Labute approximate surface area is 202 Å². The maximum Gasteiger partial charge on any atom is 0.508 e. The van der Waals surface area contributed by atoms with Crippen LogP contribution >= 0.6 is 11.8 Å². The normalized spacial score (nSPS) is 16.9. The molecule has 0 fully saturated rings. The maximum absolute atomic E-state index is 13.2. The molecule has 2 aromatic carbocycles. The molecular weight excluding hydrogens is 458 g/mol. The van der Waals surface area contributed by atoms with Gasteiger partial charge in [0.1, 0.15) is 11.1 Å². The number of carboxylic acid groups (broad SMARTS) is 1. The minimum atomic E-state index is -1.52. The van der Waals surface area contributed by atoms with Gasteiger partial charge in [-0.3, -0.25) is 14.9 Å². The van der Waals surface area contributed by atoms with E-state index in [1.165, 1.54) is 0 Å². The second-order valence-corrected chi connectivity index (χ2v) is 8.51. The van der Waals surface area contributed by atoms with E-state index in [9.17, 15) is 14.4 Å². The molecule has 0 aliphatic carbocycles. The first-order valence-electron chi connectivity index (χ1n) is 10.9. The number of hydrogen-bond donors (Lipinski definition) is 2. The average molecular weight is 486 g/mol. The van der Waals surface area contributed by atoms with Crippen molar-refractivity contribution in [3.8, 4) is 0 Å². The van der Waals surface area contributed by atoms with Crippen LogP contribution in [0.4, 0.5) is 4.79 Å². The molecule has 1 heterocycles. The number of amides is 1. The Balaban J connectivity index is 1.74. The van der Waals surface area contributed by atoms with Crippen molar-refractivity contribution in [1.82, 2.24) is 10.3 Å². The molecule has 1 amide bonds. The molecule has 0 aromatic heterocycles. The van der Waals surface area contributed by atoms with Gasteiger partial charge in [0.25, 0.3) is 11.5 Å². The number of thioether (sulfide) groups is 1. The Morgan fingerprint density at radius 1 is 1.12 bits per heavy atom. The number of hydrazone groups is 1. The van der Waals surface area contributed by atoms with Crippen molar-refractivity contribution in [1.29, 1.82) is 0 Å². The summed E-state index contributed by atoms with van der Waals surface area (Å²) in [6, 6.07) is 17.2. The third kappa shape index (κ3) is 6.82. The van der Waals surface area contributed by atoms with Crippen molar-refractivity contribution in [2.24, 2.45) is 5.10 Å². The van der Waals surface area contributed by atoms with Gasteiger partial charge in [0, 0.05) is 5.56 Å². The quantitative estimate of drug-likeness (QED) is 0.492. The fourth-order valence-electron chi connectivity index (χ4n) is 3.37. The first-order chi connectivity index (χ1) is 16.4. The predicted molar refractivity (Wildman–Crippen MR) is 128 cm³/mol. The highest BCUT2D eigenvalue weighted by atomic mass is 32.2. The van der Waals surface area contributed by atoms with E-state index in [0.29, 0.717) is 17.9 Å². The molecule has 1 aliphatic heterocycles. The minimum absolute atomic E-state index is 0.215. The van der Waals surface area contributed by atoms with Crippen LogP contribution in [-0.2, 0) is 25.5 Å². The summed E-state index contributed by atoms with van der Waals surface area (Å²) in [5.41, 5.74) is 0.616. The molecule has 0 spiro atoms. The molecule has 0 radical (unpaired) electrons. The number of carbonyl (C=O) groups excluding carboxylic acids is 2. The van der Waals surface area contributed by atoms with Gasteiger partial charge in [-0.25, -0.2) is 4.79 Å². The largest absolute Gasteiger partial charge is 0.508 e. The van der Waals surface area contributed by atoms with Gasteiger partial charge in [0.2, 0.25) is 0 Å². The fourth-order valence-corrected chi connectivity index (χ4v) is 4.35.